The van der Waals surface area contributed by atoms with Crippen LogP contribution in [-0.2, 0) is 0 Å². The van der Waals surface area contributed by atoms with Crippen molar-refractivity contribution in [1.29, 1.82) is 0 Å². The van der Waals surface area contributed by atoms with Crippen molar-refractivity contribution in [1.82, 2.24) is 0 Å². The third-order valence-electron chi connectivity index (χ3n) is 3.38. The SMILES string of the molecule is Clc1ccc2c(c1)oc1c3ccccc3cc(Br)c21. The lowest BCUT2D eigenvalue weighted by Gasteiger charge is -2.00. The lowest BCUT2D eigenvalue weighted by atomic mass is 10.1. The van der Waals surface area contributed by atoms with Crippen LogP contribution in [0.3, 0.4) is 0 Å². The summed E-state index contributed by atoms with van der Waals surface area (Å²) in [6.45, 7) is 0. The third-order valence-corrected chi connectivity index (χ3v) is 4.24. The van der Waals surface area contributed by atoms with Gasteiger partial charge < -0.3 is 4.42 Å². The molecule has 4 rings (SSSR count). The van der Waals surface area contributed by atoms with E-state index in [0.717, 1.165) is 37.2 Å². The van der Waals surface area contributed by atoms with Crippen molar-refractivity contribution in [3.05, 3.63) is 58.0 Å². The van der Waals surface area contributed by atoms with Crippen molar-refractivity contribution >= 4 is 60.2 Å². The van der Waals surface area contributed by atoms with Gasteiger partial charge in [-0.2, -0.15) is 0 Å². The largest absolute Gasteiger partial charge is 0.455 e. The minimum Gasteiger partial charge on any atom is -0.455 e. The molecule has 3 aromatic carbocycles. The van der Waals surface area contributed by atoms with Crippen LogP contribution in [0.1, 0.15) is 0 Å². The van der Waals surface area contributed by atoms with E-state index in [2.05, 4.69) is 34.1 Å². The maximum absolute atomic E-state index is 6.03. The van der Waals surface area contributed by atoms with Crippen molar-refractivity contribution in [2.45, 2.75) is 0 Å². The molecule has 3 heteroatoms. The summed E-state index contributed by atoms with van der Waals surface area (Å²) < 4.78 is 7.06. The molecule has 0 aliphatic rings. The monoisotopic (exact) mass is 330 g/mol. The van der Waals surface area contributed by atoms with Gasteiger partial charge in [-0.3, -0.25) is 0 Å². The molecule has 0 N–H and O–H groups in total. The van der Waals surface area contributed by atoms with Crippen LogP contribution < -0.4 is 0 Å². The molecule has 0 amide bonds. The van der Waals surface area contributed by atoms with Crippen LogP contribution in [0.25, 0.3) is 32.7 Å². The predicted molar refractivity (Wildman–Crippen MR) is 83.9 cm³/mol. The zero-order chi connectivity index (χ0) is 13.0. The van der Waals surface area contributed by atoms with Crippen molar-refractivity contribution in [2.24, 2.45) is 0 Å². The summed E-state index contributed by atoms with van der Waals surface area (Å²) in [5.41, 5.74) is 1.72. The third kappa shape index (κ3) is 1.60. The minimum absolute atomic E-state index is 0.687. The number of halogens is 2. The second-order valence-corrected chi connectivity index (χ2v) is 5.82. The first-order chi connectivity index (χ1) is 9.24. The molecule has 0 unspecified atom stereocenters. The van der Waals surface area contributed by atoms with E-state index in [0.29, 0.717) is 5.02 Å². The standard InChI is InChI=1S/C16H8BrClO/c17-13-7-9-3-1-2-4-11(9)16-15(13)12-6-5-10(18)8-14(12)19-16/h1-8H. The Morgan fingerprint density at radius 1 is 0.947 bits per heavy atom. The van der Waals surface area contributed by atoms with E-state index < -0.39 is 0 Å². The van der Waals surface area contributed by atoms with E-state index in [1.165, 1.54) is 0 Å². The van der Waals surface area contributed by atoms with Gasteiger partial charge in [-0.1, -0.05) is 35.9 Å². The number of hydrogen-bond acceptors (Lipinski definition) is 1. The summed E-state index contributed by atoms with van der Waals surface area (Å²) >= 11 is 9.68. The number of fused-ring (bicyclic) bond motifs is 5. The second-order valence-electron chi connectivity index (χ2n) is 4.53. The molecule has 0 saturated heterocycles. The highest BCUT2D eigenvalue weighted by Crippen LogP contribution is 2.39. The summed E-state index contributed by atoms with van der Waals surface area (Å²) in [5, 5.41) is 5.15. The highest BCUT2D eigenvalue weighted by Gasteiger charge is 2.13. The van der Waals surface area contributed by atoms with Gasteiger partial charge in [0.25, 0.3) is 0 Å². The smallest absolute Gasteiger partial charge is 0.144 e. The quantitative estimate of drug-likeness (QED) is 0.376. The highest BCUT2D eigenvalue weighted by molar-refractivity contribution is 9.10. The molecule has 92 valence electrons. The maximum atomic E-state index is 6.03. The molecule has 0 fully saturated rings. The molecule has 1 heterocycles. The van der Waals surface area contributed by atoms with Gasteiger partial charge in [0.2, 0.25) is 0 Å². The molecule has 1 nitrogen and oxygen atoms in total. The van der Waals surface area contributed by atoms with Crippen LogP contribution in [0, 0.1) is 0 Å². The van der Waals surface area contributed by atoms with Gasteiger partial charge in [-0.05, 0) is 39.5 Å². The summed E-state index contributed by atoms with van der Waals surface area (Å²) in [6, 6.07) is 16.1. The normalized spacial score (nSPS) is 11.7. The van der Waals surface area contributed by atoms with Crippen molar-refractivity contribution in [3.63, 3.8) is 0 Å². The number of benzene rings is 3. The highest BCUT2D eigenvalue weighted by atomic mass is 79.9. The van der Waals surface area contributed by atoms with Gasteiger partial charge in [0.05, 0.1) is 0 Å². The molecule has 19 heavy (non-hydrogen) atoms. The Bertz CT molecular complexity index is 940. The van der Waals surface area contributed by atoms with Crippen molar-refractivity contribution in [2.75, 3.05) is 0 Å². The number of rotatable bonds is 0. The van der Waals surface area contributed by atoms with Gasteiger partial charge in [0.15, 0.2) is 0 Å². The molecule has 0 atom stereocenters. The van der Waals surface area contributed by atoms with Crippen LogP contribution in [0.5, 0.6) is 0 Å². The molecule has 0 spiro atoms. The molecule has 0 radical (unpaired) electrons. The molecule has 0 saturated carbocycles. The average molecular weight is 332 g/mol. The van der Waals surface area contributed by atoms with Gasteiger partial charge >= 0.3 is 0 Å². The van der Waals surface area contributed by atoms with Crippen LogP contribution in [0.4, 0.5) is 0 Å². The zero-order valence-electron chi connectivity index (χ0n) is 9.78. The molecular formula is C16H8BrClO. The van der Waals surface area contributed by atoms with E-state index in [1.54, 1.807) is 0 Å². The number of hydrogen-bond donors (Lipinski definition) is 0. The molecule has 4 aromatic rings. The molecule has 0 aliphatic heterocycles. The van der Waals surface area contributed by atoms with Crippen LogP contribution in [0.15, 0.2) is 57.4 Å². The van der Waals surface area contributed by atoms with Gasteiger partial charge in [-0.25, -0.2) is 0 Å². The minimum atomic E-state index is 0.687. The van der Waals surface area contributed by atoms with E-state index in [1.807, 2.05) is 30.3 Å². The fourth-order valence-electron chi connectivity index (χ4n) is 2.54. The summed E-state index contributed by atoms with van der Waals surface area (Å²) in [6.07, 6.45) is 0. The van der Waals surface area contributed by atoms with Crippen molar-refractivity contribution in [3.8, 4) is 0 Å². The van der Waals surface area contributed by atoms with E-state index in [4.69, 9.17) is 16.0 Å². The molecule has 0 bridgehead atoms. The average Bonchev–Trinajstić information content (AvgIpc) is 2.78. The Kier molecular flexibility index (Phi) is 2.38. The Balaban J connectivity index is 2.33. The summed E-state index contributed by atoms with van der Waals surface area (Å²) in [4.78, 5) is 0. The Morgan fingerprint density at radius 2 is 1.79 bits per heavy atom. The lowest BCUT2D eigenvalue weighted by Crippen LogP contribution is -1.75. The van der Waals surface area contributed by atoms with Crippen LogP contribution >= 0.6 is 27.5 Å². The molecule has 0 aliphatic carbocycles. The Hall–Kier alpha value is -1.51. The fraction of sp³-hybridized carbons (Fsp3) is 0. The Morgan fingerprint density at radius 3 is 2.68 bits per heavy atom. The number of furan rings is 1. The van der Waals surface area contributed by atoms with Gasteiger partial charge in [0, 0.05) is 31.7 Å². The topological polar surface area (TPSA) is 13.1 Å². The predicted octanol–water partition coefficient (Wildman–Crippen LogP) is 6.16. The van der Waals surface area contributed by atoms with Crippen LogP contribution in [-0.4, -0.2) is 0 Å². The van der Waals surface area contributed by atoms with E-state index in [9.17, 15) is 0 Å². The summed E-state index contributed by atoms with van der Waals surface area (Å²) in [7, 11) is 0. The van der Waals surface area contributed by atoms with Crippen LogP contribution in [0.2, 0.25) is 5.02 Å². The first-order valence-electron chi connectivity index (χ1n) is 5.93. The second kappa shape index (κ2) is 3.99. The van der Waals surface area contributed by atoms with E-state index >= 15 is 0 Å². The lowest BCUT2D eigenvalue weighted by molar-refractivity contribution is 0.672. The van der Waals surface area contributed by atoms with Gasteiger partial charge in [0.1, 0.15) is 11.2 Å². The fourth-order valence-corrected chi connectivity index (χ4v) is 3.34. The van der Waals surface area contributed by atoms with Gasteiger partial charge in [-0.15, -0.1) is 0 Å². The van der Waals surface area contributed by atoms with E-state index in [-0.39, 0.29) is 0 Å². The van der Waals surface area contributed by atoms with Crippen molar-refractivity contribution < 1.29 is 4.42 Å². The first kappa shape index (κ1) is 11.3. The Labute approximate surface area is 122 Å². The molecule has 1 aromatic heterocycles. The zero-order valence-corrected chi connectivity index (χ0v) is 12.1. The molecular weight excluding hydrogens is 324 g/mol. The maximum Gasteiger partial charge on any atom is 0.144 e. The summed E-state index contributed by atoms with van der Waals surface area (Å²) in [5.74, 6) is 0. The first-order valence-corrected chi connectivity index (χ1v) is 7.10.